The van der Waals surface area contributed by atoms with E-state index in [9.17, 15) is 4.79 Å². The highest BCUT2D eigenvalue weighted by Gasteiger charge is 2.58. The lowest BCUT2D eigenvalue weighted by molar-refractivity contribution is -0.135. The summed E-state index contributed by atoms with van der Waals surface area (Å²) in [5.41, 5.74) is 0.400. The molecule has 0 radical (unpaired) electrons. The second-order valence-corrected chi connectivity index (χ2v) is 7.28. The van der Waals surface area contributed by atoms with Gasteiger partial charge in [-0.2, -0.15) is 0 Å². The van der Waals surface area contributed by atoms with Crippen molar-refractivity contribution in [3.8, 4) is 0 Å². The number of piperidine rings is 2. The molecule has 116 valence electrons. The molecule has 0 bridgehead atoms. The second-order valence-electron chi connectivity index (χ2n) is 7.28. The van der Waals surface area contributed by atoms with Gasteiger partial charge < -0.3 is 10.2 Å². The van der Waals surface area contributed by atoms with Crippen LogP contribution in [0.25, 0.3) is 0 Å². The van der Waals surface area contributed by atoms with Crippen LogP contribution in [0.5, 0.6) is 0 Å². The van der Waals surface area contributed by atoms with E-state index in [1.807, 2.05) is 0 Å². The molecule has 3 nitrogen and oxygen atoms in total. The van der Waals surface area contributed by atoms with Crippen molar-refractivity contribution in [1.29, 1.82) is 0 Å². The lowest BCUT2D eigenvalue weighted by Crippen LogP contribution is -2.42. The van der Waals surface area contributed by atoms with Gasteiger partial charge in [-0.15, -0.1) is 12.4 Å². The van der Waals surface area contributed by atoms with E-state index in [1.165, 1.54) is 25.7 Å². The van der Waals surface area contributed by atoms with E-state index in [0.717, 1.165) is 44.4 Å². The van der Waals surface area contributed by atoms with Crippen LogP contribution in [-0.4, -0.2) is 37.0 Å². The van der Waals surface area contributed by atoms with Gasteiger partial charge in [0.15, 0.2) is 0 Å². The van der Waals surface area contributed by atoms with E-state index in [1.54, 1.807) is 0 Å². The van der Waals surface area contributed by atoms with Crippen molar-refractivity contribution >= 4 is 18.3 Å². The molecule has 3 aliphatic rings. The van der Waals surface area contributed by atoms with Gasteiger partial charge in [-0.25, -0.2) is 0 Å². The van der Waals surface area contributed by atoms with Gasteiger partial charge in [0.2, 0.25) is 5.91 Å². The summed E-state index contributed by atoms with van der Waals surface area (Å²) in [6, 6.07) is 0. The number of nitrogens with zero attached hydrogens (tertiary/aromatic N) is 1. The lowest BCUT2D eigenvalue weighted by atomic mass is 9.86. The first-order valence-electron chi connectivity index (χ1n) is 8.12. The number of carbonyl (C=O) groups excluding carboxylic acids is 1. The van der Waals surface area contributed by atoms with Crippen LogP contribution in [0.15, 0.2) is 0 Å². The van der Waals surface area contributed by atoms with Gasteiger partial charge >= 0.3 is 0 Å². The molecule has 1 unspecified atom stereocenters. The molecular weight excluding hydrogens is 272 g/mol. The number of nitrogens with one attached hydrogen (secondary N) is 1. The summed E-state index contributed by atoms with van der Waals surface area (Å²) in [5, 5.41) is 3.41. The number of likely N-dealkylation sites (tertiary alicyclic amines) is 1. The topological polar surface area (TPSA) is 32.3 Å². The molecule has 3 rings (SSSR count). The fraction of sp³-hybridized carbons (Fsp3) is 0.938. The van der Waals surface area contributed by atoms with Gasteiger partial charge in [0.05, 0.1) is 0 Å². The molecule has 1 N–H and O–H groups in total. The largest absolute Gasteiger partial charge is 0.342 e. The highest BCUT2D eigenvalue weighted by Crippen LogP contribution is 2.59. The Morgan fingerprint density at radius 2 is 1.80 bits per heavy atom. The molecule has 0 aromatic rings. The number of amides is 1. The lowest BCUT2D eigenvalue weighted by Gasteiger charge is -2.35. The third-order valence-corrected chi connectivity index (χ3v) is 5.88. The van der Waals surface area contributed by atoms with Crippen LogP contribution in [-0.2, 0) is 4.79 Å². The van der Waals surface area contributed by atoms with Gasteiger partial charge in [0, 0.05) is 19.0 Å². The van der Waals surface area contributed by atoms with E-state index < -0.39 is 0 Å². The average Bonchev–Trinajstić information content (AvgIpc) is 3.12. The molecular formula is C16H29ClN2O. The molecule has 4 heteroatoms. The molecule has 1 saturated carbocycles. The van der Waals surface area contributed by atoms with Crippen LogP contribution in [0, 0.1) is 23.2 Å². The summed E-state index contributed by atoms with van der Waals surface area (Å²) in [7, 11) is 0. The summed E-state index contributed by atoms with van der Waals surface area (Å²) < 4.78 is 0. The third-order valence-electron chi connectivity index (χ3n) is 5.88. The molecule has 1 aliphatic carbocycles. The van der Waals surface area contributed by atoms with E-state index in [4.69, 9.17) is 0 Å². The minimum absolute atomic E-state index is 0. The quantitative estimate of drug-likeness (QED) is 0.850. The summed E-state index contributed by atoms with van der Waals surface area (Å²) in [6.45, 7) is 8.86. The Morgan fingerprint density at radius 3 is 2.35 bits per heavy atom. The first kappa shape index (κ1) is 16.1. The summed E-state index contributed by atoms with van der Waals surface area (Å²) in [5.74, 6) is 2.44. The minimum Gasteiger partial charge on any atom is -0.342 e. The maximum Gasteiger partial charge on any atom is 0.226 e. The van der Waals surface area contributed by atoms with E-state index in [-0.39, 0.29) is 12.4 Å². The number of hydrogen-bond donors (Lipinski definition) is 1. The summed E-state index contributed by atoms with van der Waals surface area (Å²) in [6.07, 6.45) is 6.02. The van der Waals surface area contributed by atoms with Crippen molar-refractivity contribution in [2.75, 3.05) is 26.2 Å². The van der Waals surface area contributed by atoms with Crippen molar-refractivity contribution in [2.24, 2.45) is 23.2 Å². The number of hydrogen-bond acceptors (Lipinski definition) is 2. The van der Waals surface area contributed by atoms with Gasteiger partial charge in [-0.05, 0) is 62.4 Å². The highest BCUT2D eigenvalue weighted by molar-refractivity contribution is 5.85. The fourth-order valence-electron chi connectivity index (χ4n) is 4.18. The minimum atomic E-state index is 0. The van der Waals surface area contributed by atoms with Crippen molar-refractivity contribution in [3.63, 3.8) is 0 Å². The normalized spacial score (nSPS) is 29.4. The Labute approximate surface area is 129 Å². The Morgan fingerprint density at radius 1 is 1.20 bits per heavy atom. The van der Waals surface area contributed by atoms with Crippen LogP contribution in [0.4, 0.5) is 0 Å². The zero-order valence-corrected chi connectivity index (χ0v) is 13.7. The van der Waals surface area contributed by atoms with Crippen LogP contribution >= 0.6 is 12.4 Å². The van der Waals surface area contributed by atoms with Crippen molar-refractivity contribution < 1.29 is 4.79 Å². The maximum absolute atomic E-state index is 12.6. The standard InChI is InChI=1S/C16H28N2O.ClH/c1-12(2)13-3-9-18(10-4-13)15(19)14-11-16(14)5-7-17-8-6-16;/h12-14,17H,3-11H2,1-2H3;1H. The summed E-state index contributed by atoms with van der Waals surface area (Å²) >= 11 is 0. The molecule has 0 aromatic heterocycles. The molecule has 1 spiro atoms. The molecule has 2 heterocycles. The Balaban J connectivity index is 0.00000147. The van der Waals surface area contributed by atoms with Gasteiger partial charge in [-0.1, -0.05) is 13.8 Å². The van der Waals surface area contributed by atoms with Crippen LogP contribution in [0.1, 0.15) is 46.0 Å². The van der Waals surface area contributed by atoms with E-state index in [0.29, 0.717) is 17.2 Å². The van der Waals surface area contributed by atoms with Gasteiger partial charge in [-0.3, -0.25) is 4.79 Å². The Kier molecular flexibility index (Phi) is 5.01. The zero-order valence-electron chi connectivity index (χ0n) is 12.9. The number of carbonyl (C=O) groups is 1. The predicted octanol–water partition coefficient (Wildman–Crippen LogP) is 2.69. The molecule has 3 fully saturated rings. The summed E-state index contributed by atoms with van der Waals surface area (Å²) in [4.78, 5) is 14.8. The predicted molar refractivity (Wildman–Crippen MR) is 84.0 cm³/mol. The van der Waals surface area contributed by atoms with Crippen molar-refractivity contribution in [1.82, 2.24) is 10.2 Å². The zero-order chi connectivity index (χ0) is 13.5. The molecule has 1 atom stereocenters. The monoisotopic (exact) mass is 300 g/mol. The smallest absolute Gasteiger partial charge is 0.226 e. The third kappa shape index (κ3) is 2.99. The van der Waals surface area contributed by atoms with Crippen molar-refractivity contribution in [2.45, 2.75) is 46.0 Å². The van der Waals surface area contributed by atoms with Crippen LogP contribution < -0.4 is 5.32 Å². The number of rotatable bonds is 2. The second kappa shape index (κ2) is 6.23. The first-order valence-corrected chi connectivity index (χ1v) is 8.12. The highest BCUT2D eigenvalue weighted by atomic mass is 35.5. The number of halogens is 1. The van der Waals surface area contributed by atoms with E-state index >= 15 is 0 Å². The molecule has 1 amide bonds. The molecule has 2 aliphatic heterocycles. The van der Waals surface area contributed by atoms with Crippen LogP contribution in [0.2, 0.25) is 0 Å². The average molecular weight is 301 g/mol. The fourth-order valence-corrected chi connectivity index (χ4v) is 4.18. The first-order chi connectivity index (χ1) is 9.12. The SMILES string of the molecule is CC(C)C1CCN(C(=O)C2CC23CCNCC3)CC1.Cl. The Hall–Kier alpha value is -0.280. The molecule has 20 heavy (non-hydrogen) atoms. The van der Waals surface area contributed by atoms with Crippen LogP contribution in [0.3, 0.4) is 0 Å². The Bertz CT molecular complexity index is 344. The van der Waals surface area contributed by atoms with Crippen molar-refractivity contribution in [3.05, 3.63) is 0 Å². The van der Waals surface area contributed by atoms with E-state index in [2.05, 4.69) is 24.1 Å². The maximum atomic E-state index is 12.6. The van der Waals surface area contributed by atoms with Gasteiger partial charge in [0.25, 0.3) is 0 Å². The molecule has 2 saturated heterocycles. The van der Waals surface area contributed by atoms with Gasteiger partial charge in [0.1, 0.15) is 0 Å². The molecule has 0 aromatic carbocycles.